The third-order valence-electron chi connectivity index (χ3n) is 8.05. The van der Waals surface area contributed by atoms with Gasteiger partial charge in [-0.05, 0) is 59.7 Å². The number of aliphatic hydroxyl groups is 1. The van der Waals surface area contributed by atoms with Gasteiger partial charge in [-0.1, -0.05) is 78.4 Å². The summed E-state index contributed by atoms with van der Waals surface area (Å²) in [5, 5.41) is 29.2. The van der Waals surface area contributed by atoms with Crippen molar-refractivity contribution in [2.75, 3.05) is 0 Å². The fourth-order valence-corrected chi connectivity index (χ4v) is 5.19. The quantitative estimate of drug-likeness (QED) is 0.0988. The van der Waals surface area contributed by atoms with Crippen molar-refractivity contribution in [2.24, 2.45) is 0 Å². The molecule has 6 rings (SSSR count). The first kappa shape index (κ1) is 61.6. The summed E-state index contributed by atoms with van der Waals surface area (Å²) in [4.78, 5) is 19.5. The molecule has 328 valence electrons. The summed E-state index contributed by atoms with van der Waals surface area (Å²) in [5.41, 5.74) is 0.279. The number of alkyl halides is 6. The zero-order chi connectivity index (χ0) is 44.9. The predicted octanol–water partition coefficient (Wildman–Crippen LogP) is -0.0859. The largest absolute Gasteiger partial charge is 2.00 e. The number of nitrogens with zero attached hydrogens (tertiary/aromatic N) is 6. The predicted molar refractivity (Wildman–Crippen MR) is 223 cm³/mol. The summed E-state index contributed by atoms with van der Waals surface area (Å²) in [6.45, 7) is 4.18. The molecule has 4 aromatic carbocycles. The van der Waals surface area contributed by atoms with Gasteiger partial charge in [0.25, 0.3) is 0 Å². The second kappa shape index (κ2) is 30.6. The second-order valence-corrected chi connectivity index (χ2v) is 13.1. The fourth-order valence-electron chi connectivity index (χ4n) is 5.19. The molecule has 0 aliphatic rings. The molecule has 2 heterocycles. The Morgan fingerprint density at radius 1 is 0.708 bits per heavy atom. The minimum absolute atomic E-state index is 0. The molecule has 0 radical (unpaired) electrons. The van der Waals surface area contributed by atoms with E-state index in [1.54, 1.807) is 4.57 Å². The van der Waals surface area contributed by atoms with Crippen LogP contribution in [0.3, 0.4) is 0 Å². The number of ketones is 1. The molecule has 0 fully saturated rings. The number of carbonyl (C=O) groups excluding carboxylic acids is 1. The number of imidazole rings is 2. The summed E-state index contributed by atoms with van der Waals surface area (Å²) in [6, 6.07) is 31.6. The smallest absolute Gasteiger partial charge is 1.00 e. The number of Topliss-reactive ketones (excluding diaryl/α,β-unsaturated/α-hetero) is 1. The van der Waals surface area contributed by atoms with E-state index in [4.69, 9.17) is 11.7 Å². The Morgan fingerprint density at radius 3 is 1.55 bits per heavy atom. The van der Waals surface area contributed by atoms with Gasteiger partial charge in [0, 0.05) is 24.0 Å². The molecule has 0 amide bonds. The summed E-state index contributed by atoms with van der Waals surface area (Å²) < 4.78 is 77.1. The van der Waals surface area contributed by atoms with Crippen LogP contribution in [-0.2, 0) is 43.1 Å². The van der Waals surface area contributed by atoms with E-state index < -0.39 is 29.1 Å². The Bertz CT molecular complexity index is 2490. The van der Waals surface area contributed by atoms with Crippen molar-refractivity contribution in [3.8, 4) is 36.3 Å². The van der Waals surface area contributed by atoms with Crippen molar-refractivity contribution in [1.82, 2.24) is 19.1 Å². The van der Waals surface area contributed by atoms with Crippen LogP contribution in [0.15, 0.2) is 134 Å². The molecule has 6 aromatic rings. The van der Waals surface area contributed by atoms with E-state index in [1.807, 2.05) is 93.1 Å². The van der Waals surface area contributed by atoms with E-state index in [9.17, 15) is 41.5 Å². The van der Waals surface area contributed by atoms with E-state index in [2.05, 4.69) is 27.7 Å². The standard InChI is InChI=1S/C22H16F3N3O.C13H11N3O.C9H5F3.C3H7.2ClH.Li.Mg/c23-22(24,25)19-8-6-17(7-9-19)10-11-21(29,12-18-4-2-1-3-5-18)15-28-16-27-14-20(28)13-26;14-7-12-8-15-10-16(12)9-13(17)6-11-4-2-1-3-5-11;1-2-7-3-5-8(6-4-7)9(10,11)12;1-3-2;;;;/h1-9,14,16,29H,12,15H2;1-5,8,10H,6,9H2;1,3-6H;3H,1-2H3;2*1H;;/q;;;-1;;;+1;+2/p-2. The van der Waals surface area contributed by atoms with Crippen LogP contribution >= 0.6 is 0 Å². The Labute approximate surface area is 415 Å². The van der Waals surface area contributed by atoms with Gasteiger partial charge in [0.1, 0.15) is 29.1 Å². The Hall–Kier alpha value is -5.45. The number of nitriles is 2. The maximum atomic E-state index is 12.7. The third-order valence-corrected chi connectivity index (χ3v) is 8.05. The molecule has 0 bridgehead atoms. The van der Waals surface area contributed by atoms with Gasteiger partial charge in [-0.2, -0.15) is 50.7 Å². The molecular weight excluding hydrogens is 897 g/mol. The maximum absolute atomic E-state index is 12.7. The van der Waals surface area contributed by atoms with Gasteiger partial charge in [-0.3, -0.25) is 4.79 Å². The molecule has 2 aromatic heterocycles. The van der Waals surface area contributed by atoms with E-state index in [1.165, 1.54) is 53.9 Å². The van der Waals surface area contributed by atoms with E-state index in [0.29, 0.717) is 23.2 Å². The monoisotopic (exact) mass is 934 g/mol. The third kappa shape index (κ3) is 21.9. The number of terminal acetylenes is 1. The van der Waals surface area contributed by atoms with Crippen molar-refractivity contribution in [3.63, 3.8) is 0 Å². The van der Waals surface area contributed by atoms with Crippen LogP contribution in [0.1, 0.15) is 58.6 Å². The first-order valence-electron chi connectivity index (χ1n) is 18.2. The molecule has 0 saturated carbocycles. The zero-order valence-corrected chi connectivity index (χ0v) is 38.4. The first-order chi connectivity index (χ1) is 29.0. The Balaban J connectivity index is 0. The number of hydrogen-bond donors (Lipinski definition) is 1. The normalized spacial score (nSPS) is 10.7. The van der Waals surface area contributed by atoms with Crippen LogP contribution in [-0.4, -0.2) is 58.6 Å². The summed E-state index contributed by atoms with van der Waals surface area (Å²) in [6.07, 6.45) is 4.58. The van der Waals surface area contributed by atoms with Crippen LogP contribution < -0.4 is 43.7 Å². The first-order valence-corrected chi connectivity index (χ1v) is 18.2. The van der Waals surface area contributed by atoms with Crippen molar-refractivity contribution < 1.29 is 79.9 Å². The van der Waals surface area contributed by atoms with Gasteiger partial charge < -0.3 is 45.5 Å². The van der Waals surface area contributed by atoms with E-state index >= 15 is 0 Å². The molecule has 0 spiro atoms. The molecule has 1 unspecified atom stereocenters. The van der Waals surface area contributed by atoms with Gasteiger partial charge in [0.2, 0.25) is 0 Å². The number of hydrogen-bond acceptors (Lipinski definition) is 6. The number of halogens is 8. The number of aromatic nitrogens is 4. The number of rotatable bonds is 8. The second-order valence-electron chi connectivity index (χ2n) is 13.1. The molecule has 1 atom stereocenters. The van der Waals surface area contributed by atoms with Gasteiger partial charge >= 0.3 is 54.3 Å². The minimum Gasteiger partial charge on any atom is -1.00 e. The average Bonchev–Trinajstić information content (AvgIpc) is 3.89. The molecule has 8 nitrogen and oxygen atoms in total. The maximum Gasteiger partial charge on any atom is 2.00 e. The van der Waals surface area contributed by atoms with Crippen molar-refractivity contribution in [3.05, 3.63) is 185 Å². The summed E-state index contributed by atoms with van der Waals surface area (Å²) in [5.74, 6) is 7.82. The van der Waals surface area contributed by atoms with Gasteiger partial charge in [-0.25, -0.2) is 9.97 Å². The zero-order valence-electron chi connectivity index (χ0n) is 35.5. The minimum atomic E-state index is -4.42. The number of carbonyl (C=O) groups is 1. The van der Waals surface area contributed by atoms with Crippen LogP contribution in [0.25, 0.3) is 0 Å². The van der Waals surface area contributed by atoms with Crippen LogP contribution in [0.2, 0.25) is 0 Å². The fraction of sp³-hybridized carbons (Fsp3) is 0.191. The summed E-state index contributed by atoms with van der Waals surface area (Å²) >= 11 is 0. The van der Waals surface area contributed by atoms with Gasteiger partial charge in [0.05, 0.1) is 49.3 Å². The topological polar surface area (TPSA) is 121 Å². The Morgan fingerprint density at radius 2 is 1.12 bits per heavy atom. The molecule has 18 heteroatoms. The molecule has 0 saturated heterocycles. The van der Waals surface area contributed by atoms with Gasteiger partial charge in [0.15, 0.2) is 5.78 Å². The molecular formula is C47H39Cl2F6LiMgN6O2. The van der Waals surface area contributed by atoms with E-state index in [-0.39, 0.29) is 97.7 Å². The molecule has 0 aliphatic carbocycles. The van der Waals surface area contributed by atoms with E-state index in [0.717, 1.165) is 35.4 Å². The molecule has 1 N–H and O–H groups in total. The van der Waals surface area contributed by atoms with Crippen molar-refractivity contribution >= 4 is 28.8 Å². The van der Waals surface area contributed by atoms with Crippen LogP contribution in [0.4, 0.5) is 26.3 Å². The SMILES string of the molecule is C#Cc1ccc(C(F)(F)F)cc1.C[CH-]C.N#Cc1cncn1CC(=O)Cc1ccccc1.N#Cc1cncn1CC(O)(C#Cc1ccc(C(F)(F)F)cc1)Cc1ccccc1.[Cl-].[Cl-].[Li+].[Mg+2]. The summed E-state index contributed by atoms with van der Waals surface area (Å²) in [7, 11) is 0. The Kier molecular flexibility index (Phi) is 29.1. The van der Waals surface area contributed by atoms with Crippen molar-refractivity contribution in [1.29, 1.82) is 10.5 Å². The van der Waals surface area contributed by atoms with Crippen LogP contribution in [0.5, 0.6) is 0 Å². The van der Waals surface area contributed by atoms with Gasteiger partial charge in [-0.15, -0.1) is 6.42 Å². The molecule has 0 aliphatic heterocycles. The van der Waals surface area contributed by atoms with Crippen LogP contribution in [0, 0.1) is 53.3 Å². The number of benzene rings is 4. The molecule has 65 heavy (non-hydrogen) atoms. The van der Waals surface area contributed by atoms with Crippen molar-refractivity contribution in [2.45, 2.75) is 57.7 Å². The average molecular weight is 936 g/mol.